The highest BCUT2D eigenvalue weighted by molar-refractivity contribution is 7.80. The van der Waals surface area contributed by atoms with E-state index in [0.29, 0.717) is 11.5 Å². The van der Waals surface area contributed by atoms with Crippen molar-refractivity contribution in [3.8, 4) is 0 Å². The van der Waals surface area contributed by atoms with Crippen LogP contribution in [0, 0.1) is 5.41 Å². The topological polar surface area (TPSA) is 32.3 Å². The predicted molar refractivity (Wildman–Crippen MR) is 90.0 cm³/mol. The molecular weight excluding hydrogens is 327 g/mol. The minimum atomic E-state index is -0.980. The van der Waals surface area contributed by atoms with E-state index >= 15 is 0 Å². The van der Waals surface area contributed by atoms with Crippen LogP contribution < -0.4 is 10.2 Å². The van der Waals surface area contributed by atoms with Crippen LogP contribution in [0.1, 0.15) is 25.3 Å². The maximum absolute atomic E-state index is 12.3. The molecule has 0 radical (unpaired) electrons. The smallest absolute Gasteiger partial charge is 0.235 e. The monoisotopic (exact) mass is 342 g/mol. The molecular formula is C15H16Cl2N2OS. The van der Waals surface area contributed by atoms with Crippen LogP contribution in [0.3, 0.4) is 0 Å². The summed E-state index contributed by atoms with van der Waals surface area (Å²) in [6.07, 6.45) is 2.50. The zero-order valence-electron chi connectivity index (χ0n) is 11.7. The van der Waals surface area contributed by atoms with E-state index in [9.17, 15) is 4.79 Å². The number of anilines is 1. The fourth-order valence-corrected chi connectivity index (χ4v) is 3.68. The highest BCUT2D eigenvalue weighted by Gasteiger charge is 2.68. The van der Waals surface area contributed by atoms with Crippen molar-refractivity contribution in [3.05, 3.63) is 29.8 Å². The first-order valence-corrected chi connectivity index (χ1v) is 8.10. The molecule has 0 unspecified atom stereocenters. The van der Waals surface area contributed by atoms with Gasteiger partial charge in [-0.3, -0.25) is 4.79 Å². The van der Waals surface area contributed by atoms with E-state index in [2.05, 4.69) is 11.4 Å². The van der Waals surface area contributed by atoms with Crippen LogP contribution in [0.4, 0.5) is 5.69 Å². The van der Waals surface area contributed by atoms with Crippen molar-refractivity contribution in [1.82, 2.24) is 5.32 Å². The fourth-order valence-electron chi connectivity index (χ4n) is 2.69. The lowest BCUT2D eigenvalue weighted by Crippen LogP contribution is -2.47. The molecule has 3 nitrogen and oxygen atoms in total. The molecule has 1 saturated carbocycles. The van der Waals surface area contributed by atoms with Gasteiger partial charge in [0.2, 0.25) is 5.91 Å². The summed E-state index contributed by atoms with van der Waals surface area (Å²) in [6, 6.07) is 8.12. The quantitative estimate of drug-likeness (QED) is 0.626. The van der Waals surface area contributed by atoms with Gasteiger partial charge >= 0.3 is 0 Å². The van der Waals surface area contributed by atoms with E-state index in [1.165, 1.54) is 5.56 Å². The molecule has 0 saturated heterocycles. The Morgan fingerprint density at radius 3 is 2.71 bits per heavy atom. The molecule has 0 aromatic heterocycles. The molecule has 1 atom stereocenters. The van der Waals surface area contributed by atoms with Crippen molar-refractivity contribution in [3.63, 3.8) is 0 Å². The van der Waals surface area contributed by atoms with Gasteiger partial charge in [0.25, 0.3) is 0 Å². The van der Waals surface area contributed by atoms with Crippen LogP contribution in [0.15, 0.2) is 24.3 Å². The lowest BCUT2D eigenvalue weighted by Gasteiger charge is -2.31. The molecule has 6 heteroatoms. The molecule has 1 amide bonds. The molecule has 1 aromatic rings. The summed E-state index contributed by atoms with van der Waals surface area (Å²) in [4.78, 5) is 14.3. The molecule has 1 N–H and O–H groups in total. The Labute approximate surface area is 139 Å². The standard InChI is InChI=1S/C15H16Cl2N2OS/c1-14(9-15(14,16)17)12(20)18-13(21)19-8-4-6-10-5-2-3-7-11(10)19/h2-3,5,7H,4,6,8-9H2,1H3,(H,18,20,21)/t14-/m1/s1. The molecule has 0 spiro atoms. The van der Waals surface area contributed by atoms with Gasteiger partial charge in [-0.15, -0.1) is 23.2 Å². The molecule has 1 aromatic carbocycles. The Balaban J connectivity index is 1.74. The van der Waals surface area contributed by atoms with Gasteiger partial charge in [-0.25, -0.2) is 0 Å². The van der Waals surface area contributed by atoms with Crippen molar-refractivity contribution in [2.45, 2.75) is 30.5 Å². The van der Waals surface area contributed by atoms with E-state index in [4.69, 9.17) is 35.4 Å². The van der Waals surface area contributed by atoms with Gasteiger partial charge in [0, 0.05) is 12.2 Å². The Bertz CT molecular complexity index is 619. The Morgan fingerprint density at radius 1 is 1.38 bits per heavy atom. The van der Waals surface area contributed by atoms with E-state index in [0.717, 1.165) is 25.1 Å². The van der Waals surface area contributed by atoms with Crippen LogP contribution in [0.25, 0.3) is 0 Å². The number of hydrogen-bond acceptors (Lipinski definition) is 2. The largest absolute Gasteiger partial charge is 0.318 e. The van der Waals surface area contributed by atoms with Crippen LogP contribution in [-0.4, -0.2) is 21.9 Å². The molecule has 1 heterocycles. The Kier molecular flexibility index (Phi) is 3.67. The zero-order valence-corrected chi connectivity index (χ0v) is 14.0. The average molecular weight is 343 g/mol. The van der Waals surface area contributed by atoms with Gasteiger partial charge in [0.05, 0.1) is 5.41 Å². The van der Waals surface area contributed by atoms with Crippen molar-refractivity contribution < 1.29 is 4.79 Å². The first kappa shape index (κ1) is 15.1. The normalized spacial score (nSPS) is 26.0. The molecule has 21 heavy (non-hydrogen) atoms. The number of carbonyl (C=O) groups excluding carboxylic acids is 1. The van der Waals surface area contributed by atoms with Gasteiger partial charge in [-0.2, -0.15) is 0 Å². The van der Waals surface area contributed by atoms with Crippen LogP contribution in [-0.2, 0) is 11.2 Å². The molecule has 0 bridgehead atoms. The Hall–Kier alpha value is -0.840. The summed E-state index contributed by atoms with van der Waals surface area (Å²) in [5, 5.41) is 3.22. The lowest BCUT2D eigenvalue weighted by atomic mass is 10.0. The Morgan fingerprint density at radius 2 is 2.05 bits per heavy atom. The minimum absolute atomic E-state index is 0.208. The number of halogens is 2. The predicted octanol–water partition coefficient (Wildman–Crippen LogP) is 3.42. The number of alkyl halides is 2. The van der Waals surface area contributed by atoms with Crippen molar-refractivity contribution in [1.29, 1.82) is 0 Å². The molecule has 3 rings (SSSR count). The summed E-state index contributed by atoms with van der Waals surface area (Å²) in [6.45, 7) is 2.56. The molecule has 112 valence electrons. The van der Waals surface area contributed by atoms with Crippen LogP contribution in [0.2, 0.25) is 0 Å². The molecule has 1 fully saturated rings. The van der Waals surface area contributed by atoms with Crippen molar-refractivity contribution >= 4 is 52.1 Å². The second-order valence-electron chi connectivity index (χ2n) is 5.86. The number of nitrogens with one attached hydrogen (secondary N) is 1. The fraction of sp³-hybridized carbons (Fsp3) is 0.467. The summed E-state index contributed by atoms with van der Waals surface area (Å²) in [5.74, 6) is -0.208. The van der Waals surface area contributed by atoms with Crippen molar-refractivity contribution in [2.24, 2.45) is 5.41 Å². The first-order valence-electron chi connectivity index (χ1n) is 6.94. The summed E-state index contributed by atoms with van der Waals surface area (Å²) >= 11 is 17.5. The van der Waals surface area contributed by atoms with Crippen LogP contribution in [0.5, 0.6) is 0 Å². The maximum Gasteiger partial charge on any atom is 0.235 e. The third-order valence-corrected chi connectivity index (χ3v) is 5.76. The number of fused-ring (bicyclic) bond motifs is 1. The summed E-state index contributed by atoms with van der Waals surface area (Å²) in [7, 11) is 0. The number of rotatable bonds is 1. The second-order valence-corrected chi connectivity index (χ2v) is 7.73. The van der Waals surface area contributed by atoms with Gasteiger partial charge < -0.3 is 10.2 Å². The number of benzene rings is 1. The maximum atomic E-state index is 12.3. The summed E-state index contributed by atoms with van der Waals surface area (Å²) < 4.78 is -0.980. The van der Waals surface area contributed by atoms with Gasteiger partial charge in [0.15, 0.2) is 5.11 Å². The SMILES string of the molecule is C[C@]1(C(=O)NC(=S)N2CCCc3ccccc32)CC1(Cl)Cl. The van der Waals surface area contributed by atoms with E-state index in [1.54, 1.807) is 6.92 Å². The number of nitrogens with zero attached hydrogens (tertiary/aromatic N) is 1. The minimum Gasteiger partial charge on any atom is -0.318 e. The number of hydrogen-bond donors (Lipinski definition) is 1. The third-order valence-electron chi connectivity index (χ3n) is 4.33. The van der Waals surface area contributed by atoms with E-state index in [-0.39, 0.29) is 5.91 Å². The molecule has 1 aliphatic heterocycles. The second kappa shape index (κ2) is 5.11. The van der Waals surface area contributed by atoms with E-state index in [1.807, 2.05) is 23.1 Å². The number of para-hydroxylation sites is 1. The van der Waals surface area contributed by atoms with Crippen molar-refractivity contribution in [2.75, 3.05) is 11.4 Å². The number of thiocarbonyl (C=S) groups is 1. The highest BCUT2D eigenvalue weighted by Crippen LogP contribution is 2.63. The van der Waals surface area contributed by atoms with Gasteiger partial charge in [-0.05, 0) is 50.0 Å². The zero-order chi connectivity index (χ0) is 15.3. The number of aryl methyl sites for hydroxylation is 1. The lowest BCUT2D eigenvalue weighted by molar-refractivity contribution is -0.124. The third kappa shape index (κ3) is 2.54. The van der Waals surface area contributed by atoms with Gasteiger partial charge in [-0.1, -0.05) is 18.2 Å². The number of carbonyl (C=O) groups is 1. The first-order chi connectivity index (χ1) is 9.85. The summed E-state index contributed by atoms with van der Waals surface area (Å²) in [5.41, 5.74) is 1.56. The highest BCUT2D eigenvalue weighted by atomic mass is 35.5. The number of amides is 1. The molecule has 2 aliphatic rings. The van der Waals surface area contributed by atoms with E-state index < -0.39 is 9.75 Å². The average Bonchev–Trinajstić information content (AvgIpc) is 2.98. The van der Waals surface area contributed by atoms with Crippen LogP contribution >= 0.6 is 35.4 Å². The molecule has 1 aliphatic carbocycles. The van der Waals surface area contributed by atoms with Gasteiger partial charge in [0.1, 0.15) is 4.33 Å².